The number of aryl methyl sites for hydroxylation is 1. The van der Waals surface area contributed by atoms with Gasteiger partial charge in [-0.25, -0.2) is 4.79 Å². The number of unbranched alkanes of at least 4 members (excludes halogenated alkanes) is 1. The second kappa shape index (κ2) is 14.3. The number of aromatic nitrogens is 1. The Kier molecular flexibility index (Phi) is 10.0. The van der Waals surface area contributed by atoms with Crippen LogP contribution >= 0.6 is 0 Å². The Labute approximate surface area is 279 Å². The number of ether oxygens (including phenoxy) is 2. The molecule has 1 aliphatic carbocycles. The zero-order valence-corrected chi connectivity index (χ0v) is 28.4. The third-order valence-corrected chi connectivity index (χ3v) is 9.48. The number of rotatable bonds is 11. The van der Waals surface area contributed by atoms with E-state index in [1.807, 2.05) is 26.8 Å². The van der Waals surface area contributed by atoms with Crippen molar-refractivity contribution >= 4 is 22.9 Å². The van der Waals surface area contributed by atoms with Crippen LogP contribution in [-0.2, 0) is 27.4 Å². The van der Waals surface area contributed by atoms with Crippen molar-refractivity contribution < 1.29 is 19.1 Å². The highest BCUT2D eigenvalue weighted by Crippen LogP contribution is 2.40. The number of nitrogens with zero attached hydrogens (tertiary/aromatic N) is 3. The van der Waals surface area contributed by atoms with Crippen molar-refractivity contribution in [2.24, 2.45) is 5.92 Å². The van der Waals surface area contributed by atoms with Crippen molar-refractivity contribution in [3.8, 4) is 11.1 Å². The highest BCUT2D eigenvalue weighted by atomic mass is 16.6. The Morgan fingerprint density at radius 3 is 2.38 bits per heavy atom. The van der Waals surface area contributed by atoms with Crippen molar-refractivity contribution in [3.05, 3.63) is 96.2 Å². The zero-order valence-electron chi connectivity index (χ0n) is 28.4. The molecule has 248 valence electrons. The number of carbonyl (C=O) groups excluding carboxylic acids is 2. The highest BCUT2D eigenvalue weighted by molar-refractivity contribution is 5.86. The standard InChI is InChI=1S/C40H49N3O4/c1-40(2,3)47-39(45)42-23-21-34(31-16-12-15-30(25-31)29-13-6-5-7-14-29)36(28-42)38(44)43(33-19-20-33)27-32-26-41(22-10-11-24-46-4)37-18-9-8-17-35(32)37/h5-9,12-18,25-26,33-34,36H,10-11,19-24,27-28H2,1-4H3. The molecule has 2 atom stereocenters. The molecule has 1 saturated heterocycles. The maximum Gasteiger partial charge on any atom is 0.410 e. The lowest BCUT2D eigenvalue weighted by Gasteiger charge is -2.40. The van der Waals surface area contributed by atoms with Crippen molar-refractivity contribution in [1.82, 2.24) is 14.4 Å². The maximum absolute atomic E-state index is 14.9. The molecule has 2 amide bonds. The molecule has 47 heavy (non-hydrogen) atoms. The van der Waals surface area contributed by atoms with Crippen LogP contribution in [-0.4, -0.2) is 64.8 Å². The van der Waals surface area contributed by atoms with Gasteiger partial charge < -0.3 is 23.8 Å². The maximum atomic E-state index is 14.9. The Bertz CT molecular complexity index is 1670. The fourth-order valence-corrected chi connectivity index (χ4v) is 7.01. The van der Waals surface area contributed by atoms with Gasteiger partial charge in [-0.05, 0) is 87.1 Å². The van der Waals surface area contributed by atoms with E-state index in [4.69, 9.17) is 9.47 Å². The van der Waals surface area contributed by atoms with Gasteiger partial charge in [0, 0.05) is 63.0 Å². The predicted molar refractivity (Wildman–Crippen MR) is 187 cm³/mol. The van der Waals surface area contributed by atoms with Crippen LogP contribution in [0.1, 0.15) is 69.9 Å². The molecule has 7 heteroatoms. The van der Waals surface area contributed by atoms with Crippen LogP contribution in [0.2, 0.25) is 0 Å². The van der Waals surface area contributed by atoms with E-state index in [9.17, 15) is 9.59 Å². The van der Waals surface area contributed by atoms with Gasteiger partial charge in [-0.2, -0.15) is 0 Å². The number of hydrogen-bond acceptors (Lipinski definition) is 4. The van der Waals surface area contributed by atoms with Crippen LogP contribution in [0.4, 0.5) is 4.79 Å². The molecule has 2 aliphatic rings. The van der Waals surface area contributed by atoms with Gasteiger partial charge in [0.05, 0.1) is 5.92 Å². The number of methoxy groups -OCH3 is 1. The van der Waals surface area contributed by atoms with Crippen molar-refractivity contribution in [2.45, 2.75) is 83.5 Å². The first-order chi connectivity index (χ1) is 22.7. The fraction of sp³-hybridized carbons (Fsp3) is 0.450. The third kappa shape index (κ3) is 7.90. The summed E-state index contributed by atoms with van der Waals surface area (Å²) in [4.78, 5) is 32.1. The van der Waals surface area contributed by atoms with E-state index in [2.05, 4.69) is 88.5 Å². The number of likely N-dealkylation sites (tertiary alicyclic amines) is 1. The lowest BCUT2D eigenvalue weighted by atomic mass is 9.79. The molecular formula is C40H49N3O4. The number of benzene rings is 3. The number of piperidine rings is 1. The van der Waals surface area contributed by atoms with E-state index in [1.165, 1.54) is 16.5 Å². The van der Waals surface area contributed by atoms with Crippen LogP contribution in [0.3, 0.4) is 0 Å². The number of amides is 2. The van der Waals surface area contributed by atoms with Gasteiger partial charge in [0.15, 0.2) is 0 Å². The molecule has 2 fully saturated rings. The summed E-state index contributed by atoms with van der Waals surface area (Å²) >= 11 is 0. The molecule has 3 aromatic carbocycles. The predicted octanol–water partition coefficient (Wildman–Crippen LogP) is 8.27. The summed E-state index contributed by atoms with van der Waals surface area (Å²) < 4.78 is 13.4. The summed E-state index contributed by atoms with van der Waals surface area (Å²) in [6.45, 7) is 8.79. The lowest BCUT2D eigenvalue weighted by Crippen LogP contribution is -2.51. The average molecular weight is 636 g/mol. The molecule has 0 radical (unpaired) electrons. The molecule has 2 unspecified atom stereocenters. The summed E-state index contributed by atoms with van der Waals surface area (Å²) in [6, 6.07) is 27.7. The van der Waals surface area contributed by atoms with Crippen molar-refractivity contribution in [2.75, 3.05) is 26.8 Å². The number of hydrogen-bond donors (Lipinski definition) is 0. The summed E-state index contributed by atoms with van der Waals surface area (Å²) in [5.74, 6) is -0.244. The number of fused-ring (bicyclic) bond motifs is 1. The highest BCUT2D eigenvalue weighted by Gasteiger charge is 2.43. The van der Waals surface area contributed by atoms with Crippen LogP contribution in [0.25, 0.3) is 22.0 Å². The van der Waals surface area contributed by atoms with Crippen molar-refractivity contribution in [3.63, 3.8) is 0 Å². The summed E-state index contributed by atoms with van der Waals surface area (Å²) in [5.41, 5.74) is 5.22. The molecule has 1 aromatic heterocycles. The van der Waals surface area contributed by atoms with Gasteiger partial charge in [0.2, 0.25) is 5.91 Å². The van der Waals surface area contributed by atoms with Crippen LogP contribution in [0, 0.1) is 5.92 Å². The molecule has 2 heterocycles. The summed E-state index contributed by atoms with van der Waals surface area (Å²) in [6.07, 6.45) is 6.66. The minimum Gasteiger partial charge on any atom is -0.444 e. The SMILES string of the molecule is COCCCCn1cc(CN(C(=O)C2CN(C(=O)OC(C)(C)C)CCC2c2cccc(-c3ccccc3)c2)C2CC2)c2ccccc21. The van der Waals surface area contributed by atoms with Crippen LogP contribution in [0.15, 0.2) is 85.1 Å². The second-order valence-electron chi connectivity index (χ2n) is 14.2. The summed E-state index contributed by atoms with van der Waals surface area (Å²) in [7, 11) is 1.75. The van der Waals surface area contributed by atoms with E-state index in [-0.39, 0.29) is 29.9 Å². The first kappa shape index (κ1) is 32.8. The van der Waals surface area contributed by atoms with Gasteiger partial charge in [-0.15, -0.1) is 0 Å². The Morgan fingerprint density at radius 2 is 1.64 bits per heavy atom. The molecule has 6 rings (SSSR count). The van der Waals surface area contributed by atoms with E-state index in [1.54, 1.807) is 12.0 Å². The normalized spacial score (nSPS) is 18.3. The quantitative estimate of drug-likeness (QED) is 0.156. The average Bonchev–Trinajstić information content (AvgIpc) is 3.86. The number of para-hydroxylation sites is 1. The molecule has 0 spiro atoms. The Hall–Kier alpha value is -4.10. The Balaban J connectivity index is 1.31. The molecule has 7 nitrogen and oxygen atoms in total. The second-order valence-corrected chi connectivity index (χ2v) is 14.2. The zero-order chi connectivity index (χ0) is 33.0. The first-order valence-electron chi connectivity index (χ1n) is 17.2. The molecule has 1 saturated carbocycles. The van der Waals surface area contributed by atoms with E-state index < -0.39 is 5.60 Å². The monoisotopic (exact) mass is 635 g/mol. The largest absolute Gasteiger partial charge is 0.444 e. The third-order valence-electron chi connectivity index (χ3n) is 9.48. The molecule has 1 aliphatic heterocycles. The topological polar surface area (TPSA) is 64.0 Å². The van der Waals surface area contributed by atoms with Crippen LogP contribution < -0.4 is 0 Å². The van der Waals surface area contributed by atoms with Gasteiger partial charge >= 0.3 is 6.09 Å². The van der Waals surface area contributed by atoms with Gasteiger partial charge in [-0.3, -0.25) is 4.79 Å². The minimum absolute atomic E-state index is 0.00627. The van der Waals surface area contributed by atoms with Gasteiger partial charge in [-0.1, -0.05) is 72.8 Å². The summed E-state index contributed by atoms with van der Waals surface area (Å²) in [5, 5.41) is 1.20. The van der Waals surface area contributed by atoms with E-state index >= 15 is 0 Å². The number of carbonyl (C=O) groups is 2. The van der Waals surface area contributed by atoms with Crippen molar-refractivity contribution in [1.29, 1.82) is 0 Å². The molecule has 0 bridgehead atoms. The van der Waals surface area contributed by atoms with Gasteiger partial charge in [0.25, 0.3) is 0 Å². The van der Waals surface area contributed by atoms with E-state index in [0.29, 0.717) is 26.1 Å². The van der Waals surface area contributed by atoms with Gasteiger partial charge in [0.1, 0.15) is 5.60 Å². The molecular weight excluding hydrogens is 586 g/mol. The lowest BCUT2D eigenvalue weighted by molar-refractivity contribution is -0.139. The molecule has 4 aromatic rings. The smallest absolute Gasteiger partial charge is 0.410 e. The van der Waals surface area contributed by atoms with E-state index in [0.717, 1.165) is 55.5 Å². The Morgan fingerprint density at radius 1 is 0.894 bits per heavy atom. The fourth-order valence-electron chi connectivity index (χ4n) is 7.01. The minimum atomic E-state index is -0.602. The van der Waals surface area contributed by atoms with Crippen LogP contribution in [0.5, 0.6) is 0 Å². The first-order valence-corrected chi connectivity index (χ1v) is 17.2. The molecule has 0 N–H and O–H groups in total.